The van der Waals surface area contributed by atoms with Gasteiger partial charge in [-0.25, -0.2) is 12.8 Å². The molecule has 0 saturated carbocycles. The molecule has 0 fully saturated rings. The van der Waals surface area contributed by atoms with Gasteiger partial charge in [0.2, 0.25) is 0 Å². The van der Waals surface area contributed by atoms with Gasteiger partial charge in [-0.15, -0.1) is 0 Å². The van der Waals surface area contributed by atoms with Crippen LogP contribution in [0.25, 0.3) is 0 Å². The lowest BCUT2D eigenvalue weighted by Crippen LogP contribution is -2.23. The number of benzene rings is 1. The van der Waals surface area contributed by atoms with E-state index >= 15 is 0 Å². The van der Waals surface area contributed by atoms with Crippen molar-refractivity contribution in [2.45, 2.75) is 11.4 Å². The van der Waals surface area contributed by atoms with Crippen molar-refractivity contribution in [2.75, 3.05) is 11.5 Å². The maximum atomic E-state index is 13.0. The van der Waals surface area contributed by atoms with Crippen molar-refractivity contribution >= 4 is 15.5 Å². The maximum absolute atomic E-state index is 13.0. The number of halogens is 1. The lowest BCUT2D eigenvalue weighted by molar-refractivity contribution is 0.583. The second-order valence-electron chi connectivity index (χ2n) is 4.27. The first-order valence-electron chi connectivity index (χ1n) is 5.83. The fourth-order valence-electron chi connectivity index (χ4n) is 1.72. The van der Waals surface area contributed by atoms with Crippen molar-refractivity contribution in [1.29, 1.82) is 0 Å². The number of anilines is 1. The Morgan fingerprint density at radius 1 is 1.20 bits per heavy atom. The van der Waals surface area contributed by atoms with Gasteiger partial charge in [-0.3, -0.25) is 4.79 Å². The highest BCUT2D eigenvalue weighted by Gasteiger charge is 2.15. The lowest BCUT2D eigenvalue weighted by Gasteiger charge is -2.07. The monoisotopic (exact) mass is 296 g/mol. The van der Waals surface area contributed by atoms with E-state index < -0.39 is 15.7 Å². The Morgan fingerprint density at radius 2 is 1.95 bits per heavy atom. The van der Waals surface area contributed by atoms with E-state index in [1.807, 2.05) is 0 Å². The van der Waals surface area contributed by atoms with E-state index in [0.717, 1.165) is 6.07 Å². The SMILES string of the molecule is Nc1ccc(=O)n(CCS(=O)(=O)c2cccc(F)c2)c1. The zero-order valence-corrected chi connectivity index (χ0v) is 11.3. The summed E-state index contributed by atoms with van der Waals surface area (Å²) >= 11 is 0. The van der Waals surface area contributed by atoms with Crippen molar-refractivity contribution in [3.8, 4) is 0 Å². The molecule has 2 aromatic rings. The lowest BCUT2D eigenvalue weighted by atomic mass is 10.4. The summed E-state index contributed by atoms with van der Waals surface area (Å²) in [4.78, 5) is 11.4. The number of nitrogens with two attached hydrogens (primary N) is 1. The van der Waals surface area contributed by atoms with E-state index in [0.29, 0.717) is 5.69 Å². The molecule has 0 aliphatic rings. The summed E-state index contributed by atoms with van der Waals surface area (Å²) in [6.07, 6.45) is 1.38. The number of aromatic nitrogens is 1. The Labute approximate surface area is 115 Å². The second kappa shape index (κ2) is 5.46. The van der Waals surface area contributed by atoms with Crippen LogP contribution < -0.4 is 11.3 Å². The Hall–Kier alpha value is -2.15. The molecule has 0 unspecified atom stereocenters. The summed E-state index contributed by atoms with van der Waals surface area (Å²) in [7, 11) is -3.65. The number of rotatable bonds is 4. The summed E-state index contributed by atoms with van der Waals surface area (Å²) in [6.45, 7) is -0.0390. The molecule has 1 heterocycles. The molecule has 106 valence electrons. The predicted octanol–water partition coefficient (Wildman–Crippen LogP) is 1.04. The highest BCUT2D eigenvalue weighted by molar-refractivity contribution is 7.91. The van der Waals surface area contributed by atoms with Crippen molar-refractivity contribution < 1.29 is 12.8 Å². The molecule has 20 heavy (non-hydrogen) atoms. The van der Waals surface area contributed by atoms with Crippen LogP contribution in [-0.2, 0) is 16.4 Å². The number of aryl methyl sites for hydroxylation is 1. The average molecular weight is 296 g/mol. The molecular formula is C13H13FN2O3S. The highest BCUT2D eigenvalue weighted by atomic mass is 32.2. The third-order valence-corrected chi connectivity index (χ3v) is 4.45. The first kappa shape index (κ1) is 14.3. The van der Waals surface area contributed by atoms with Crippen LogP contribution in [0.3, 0.4) is 0 Å². The molecule has 0 aliphatic carbocycles. The number of pyridine rings is 1. The number of hydrogen-bond donors (Lipinski definition) is 1. The van der Waals surface area contributed by atoms with Crippen LogP contribution >= 0.6 is 0 Å². The van der Waals surface area contributed by atoms with Crippen LogP contribution in [0.2, 0.25) is 0 Å². The molecular weight excluding hydrogens is 283 g/mol. The van der Waals surface area contributed by atoms with E-state index in [1.54, 1.807) is 0 Å². The Kier molecular flexibility index (Phi) is 3.89. The molecule has 5 nitrogen and oxygen atoms in total. The van der Waals surface area contributed by atoms with E-state index in [2.05, 4.69) is 0 Å². The van der Waals surface area contributed by atoms with E-state index in [-0.39, 0.29) is 22.8 Å². The number of hydrogen-bond acceptors (Lipinski definition) is 4. The fraction of sp³-hybridized carbons (Fsp3) is 0.154. The zero-order chi connectivity index (χ0) is 14.8. The Balaban J connectivity index is 2.22. The smallest absolute Gasteiger partial charge is 0.250 e. The van der Waals surface area contributed by atoms with Crippen LogP contribution in [0.4, 0.5) is 10.1 Å². The number of nitrogens with zero attached hydrogens (tertiary/aromatic N) is 1. The van der Waals surface area contributed by atoms with Crippen molar-refractivity contribution in [2.24, 2.45) is 0 Å². The molecule has 0 aliphatic heterocycles. The Morgan fingerprint density at radius 3 is 2.65 bits per heavy atom. The van der Waals surface area contributed by atoms with E-state index in [9.17, 15) is 17.6 Å². The summed E-state index contributed by atoms with van der Waals surface area (Å²) < 4.78 is 38.3. The molecule has 2 rings (SSSR count). The van der Waals surface area contributed by atoms with Gasteiger partial charge < -0.3 is 10.3 Å². The van der Waals surface area contributed by atoms with Crippen LogP contribution in [0.5, 0.6) is 0 Å². The van der Waals surface area contributed by atoms with Gasteiger partial charge in [0.15, 0.2) is 9.84 Å². The van der Waals surface area contributed by atoms with Crippen molar-refractivity contribution in [1.82, 2.24) is 4.57 Å². The molecule has 0 amide bonds. The van der Waals surface area contributed by atoms with Gasteiger partial charge in [0.1, 0.15) is 5.82 Å². The van der Waals surface area contributed by atoms with E-state index in [4.69, 9.17) is 5.73 Å². The zero-order valence-electron chi connectivity index (χ0n) is 10.5. The number of sulfone groups is 1. The van der Waals surface area contributed by atoms with Crippen LogP contribution in [0.1, 0.15) is 0 Å². The van der Waals surface area contributed by atoms with Gasteiger partial charge in [-0.2, -0.15) is 0 Å². The van der Waals surface area contributed by atoms with Crippen LogP contribution in [0.15, 0.2) is 52.3 Å². The molecule has 2 N–H and O–H groups in total. The molecule has 1 aromatic heterocycles. The van der Waals surface area contributed by atoms with Gasteiger partial charge in [0.25, 0.3) is 5.56 Å². The van der Waals surface area contributed by atoms with Crippen molar-refractivity contribution in [3.05, 3.63) is 58.8 Å². The first-order chi connectivity index (χ1) is 9.38. The molecule has 0 radical (unpaired) electrons. The third kappa shape index (κ3) is 3.24. The minimum atomic E-state index is -3.65. The van der Waals surface area contributed by atoms with Gasteiger partial charge in [0.05, 0.1) is 10.6 Å². The number of nitrogen functional groups attached to an aromatic ring is 1. The van der Waals surface area contributed by atoms with E-state index in [1.165, 1.54) is 41.1 Å². The molecule has 7 heteroatoms. The standard InChI is InChI=1S/C13H13FN2O3S/c14-10-2-1-3-12(8-10)20(18,19)7-6-16-9-11(15)4-5-13(16)17/h1-5,8-9H,6-7,15H2. The fourth-order valence-corrected chi connectivity index (χ4v) is 2.97. The molecule has 0 bridgehead atoms. The summed E-state index contributed by atoms with van der Waals surface area (Å²) in [6, 6.07) is 7.48. The maximum Gasteiger partial charge on any atom is 0.250 e. The molecule has 0 spiro atoms. The van der Waals surface area contributed by atoms with Gasteiger partial charge in [-0.1, -0.05) is 6.07 Å². The molecule has 0 atom stereocenters. The molecule has 0 saturated heterocycles. The third-order valence-electron chi connectivity index (χ3n) is 2.76. The quantitative estimate of drug-likeness (QED) is 0.914. The van der Waals surface area contributed by atoms with Crippen LogP contribution in [-0.4, -0.2) is 18.7 Å². The van der Waals surface area contributed by atoms with Gasteiger partial charge in [0, 0.05) is 24.5 Å². The van der Waals surface area contributed by atoms with Gasteiger partial charge in [-0.05, 0) is 24.3 Å². The largest absolute Gasteiger partial charge is 0.398 e. The predicted molar refractivity (Wildman–Crippen MR) is 73.6 cm³/mol. The van der Waals surface area contributed by atoms with Crippen LogP contribution in [0, 0.1) is 5.82 Å². The normalized spacial score (nSPS) is 11.4. The van der Waals surface area contributed by atoms with Gasteiger partial charge >= 0.3 is 0 Å². The Bertz CT molecular complexity index is 784. The summed E-state index contributed by atoms with van der Waals surface area (Å²) in [5, 5.41) is 0. The summed E-state index contributed by atoms with van der Waals surface area (Å²) in [5.41, 5.74) is 5.57. The summed E-state index contributed by atoms with van der Waals surface area (Å²) in [5.74, 6) is -0.924. The highest BCUT2D eigenvalue weighted by Crippen LogP contribution is 2.12. The topological polar surface area (TPSA) is 82.2 Å². The average Bonchev–Trinajstić information content (AvgIpc) is 2.40. The second-order valence-corrected chi connectivity index (χ2v) is 6.38. The first-order valence-corrected chi connectivity index (χ1v) is 7.48. The minimum Gasteiger partial charge on any atom is -0.398 e. The molecule has 1 aromatic carbocycles. The van der Waals surface area contributed by atoms with Crippen molar-refractivity contribution in [3.63, 3.8) is 0 Å². The minimum absolute atomic E-state index is 0.0390.